The Bertz CT molecular complexity index is 207. The predicted octanol–water partition coefficient (Wildman–Crippen LogP) is 5.11. The van der Waals surface area contributed by atoms with Crippen molar-refractivity contribution in [2.24, 2.45) is 5.92 Å². The van der Waals surface area contributed by atoms with Crippen molar-refractivity contribution in [3.8, 4) is 0 Å². The fourth-order valence-electron chi connectivity index (χ4n) is 2.91. The molecule has 0 N–H and O–H groups in total. The lowest BCUT2D eigenvalue weighted by molar-refractivity contribution is 0.317. The van der Waals surface area contributed by atoms with Gasteiger partial charge in [-0.3, -0.25) is 0 Å². The molecule has 2 fully saturated rings. The highest BCUT2D eigenvalue weighted by Crippen LogP contribution is 2.51. The number of hydrogen-bond donors (Lipinski definition) is 0. The van der Waals surface area contributed by atoms with E-state index in [0.717, 1.165) is 25.7 Å². The Morgan fingerprint density at radius 1 is 1.00 bits per heavy atom. The van der Waals surface area contributed by atoms with E-state index in [-0.39, 0.29) is 0 Å². The zero-order valence-electron chi connectivity index (χ0n) is 8.95. The average molecular weight is 269 g/mol. The summed E-state index contributed by atoms with van der Waals surface area (Å²) in [5, 5.41) is 0.380. The largest absolute Gasteiger partial charge is 0.124 e. The topological polar surface area (TPSA) is 0 Å². The van der Waals surface area contributed by atoms with Gasteiger partial charge in [-0.05, 0) is 44.4 Å². The van der Waals surface area contributed by atoms with E-state index in [4.69, 9.17) is 34.8 Å². The normalized spacial score (nSPS) is 37.8. The fraction of sp³-hybridized carbons (Fsp3) is 0.917. The second kappa shape index (κ2) is 5.02. The Kier molecular flexibility index (Phi) is 4.13. The zero-order chi connectivity index (χ0) is 10.9. The smallest absolute Gasteiger partial charge is 0.123 e. The maximum Gasteiger partial charge on any atom is 0.124 e. The van der Waals surface area contributed by atoms with Crippen LogP contribution in [-0.4, -0.2) is 9.71 Å². The lowest BCUT2D eigenvalue weighted by Gasteiger charge is -2.41. The standard InChI is InChI=1S/C12H18Cl3/c13-10-6-4-9(5-7-10)11-3-1-2-8-12(11,14)15/h9-10H,1-8H2. The molecule has 0 spiro atoms. The molecule has 0 aliphatic heterocycles. The molecule has 0 aromatic heterocycles. The molecule has 2 aliphatic rings. The summed E-state index contributed by atoms with van der Waals surface area (Å²) in [6.07, 6.45) is 9.12. The minimum absolute atomic E-state index is 0.380. The van der Waals surface area contributed by atoms with Crippen LogP contribution in [0.1, 0.15) is 51.4 Å². The summed E-state index contributed by atoms with van der Waals surface area (Å²) in [4.78, 5) is 0. The third kappa shape index (κ3) is 2.96. The van der Waals surface area contributed by atoms with E-state index in [1.54, 1.807) is 0 Å². The van der Waals surface area contributed by atoms with Gasteiger partial charge in [-0.25, -0.2) is 0 Å². The Hall–Kier alpha value is 0.870. The van der Waals surface area contributed by atoms with E-state index in [1.165, 1.54) is 31.6 Å². The van der Waals surface area contributed by atoms with Crippen molar-refractivity contribution >= 4 is 34.8 Å². The van der Waals surface area contributed by atoms with Crippen molar-refractivity contribution in [1.29, 1.82) is 0 Å². The minimum atomic E-state index is -0.540. The van der Waals surface area contributed by atoms with E-state index in [9.17, 15) is 0 Å². The summed E-state index contributed by atoms with van der Waals surface area (Å²) in [6, 6.07) is 0. The maximum atomic E-state index is 6.40. The lowest BCUT2D eigenvalue weighted by atomic mass is 9.73. The molecule has 1 radical (unpaired) electrons. The Morgan fingerprint density at radius 3 is 2.27 bits per heavy atom. The summed E-state index contributed by atoms with van der Waals surface area (Å²) in [5.74, 6) is 2.04. The molecular weight excluding hydrogens is 250 g/mol. The molecule has 2 aliphatic carbocycles. The van der Waals surface area contributed by atoms with Crippen LogP contribution < -0.4 is 0 Å². The van der Waals surface area contributed by atoms with Gasteiger partial charge in [-0.2, -0.15) is 0 Å². The summed E-state index contributed by atoms with van der Waals surface area (Å²) < 4.78 is -0.540. The Balaban J connectivity index is 1.96. The number of rotatable bonds is 1. The monoisotopic (exact) mass is 267 g/mol. The molecule has 3 heteroatoms. The molecule has 0 aromatic carbocycles. The molecule has 2 saturated carbocycles. The molecule has 0 nitrogen and oxygen atoms in total. The first-order valence-electron chi connectivity index (χ1n) is 5.97. The Morgan fingerprint density at radius 2 is 1.67 bits per heavy atom. The highest BCUT2D eigenvalue weighted by Gasteiger charge is 2.42. The van der Waals surface area contributed by atoms with Gasteiger partial charge in [-0.1, -0.05) is 12.8 Å². The molecule has 0 amide bonds. The second-order valence-electron chi connectivity index (χ2n) is 4.89. The predicted molar refractivity (Wildman–Crippen MR) is 67.7 cm³/mol. The van der Waals surface area contributed by atoms with E-state index in [1.807, 2.05) is 0 Å². The van der Waals surface area contributed by atoms with Gasteiger partial charge in [0.1, 0.15) is 4.33 Å². The van der Waals surface area contributed by atoms with Gasteiger partial charge in [0.15, 0.2) is 0 Å². The first-order chi connectivity index (χ1) is 7.09. The molecule has 0 saturated heterocycles. The molecule has 0 bridgehead atoms. The molecule has 0 atom stereocenters. The van der Waals surface area contributed by atoms with Crippen LogP contribution in [0.4, 0.5) is 0 Å². The third-order valence-corrected chi connectivity index (χ3v) is 5.11. The van der Waals surface area contributed by atoms with Crippen molar-refractivity contribution in [1.82, 2.24) is 0 Å². The van der Waals surface area contributed by atoms with Crippen LogP contribution in [0.2, 0.25) is 0 Å². The van der Waals surface area contributed by atoms with Gasteiger partial charge in [-0.15, -0.1) is 34.8 Å². The van der Waals surface area contributed by atoms with Crippen molar-refractivity contribution < 1.29 is 0 Å². The van der Waals surface area contributed by atoms with E-state index in [2.05, 4.69) is 0 Å². The molecule has 2 rings (SSSR count). The third-order valence-electron chi connectivity index (χ3n) is 3.81. The van der Waals surface area contributed by atoms with Gasteiger partial charge in [0.05, 0.1) is 0 Å². The summed E-state index contributed by atoms with van der Waals surface area (Å²) >= 11 is 18.9. The van der Waals surface area contributed by atoms with Crippen LogP contribution in [0.3, 0.4) is 0 Å². The average Bonchev–Trinajstić information content (AvgIpc) is 2.19. The molecule has 0 aromatic rings. The summed E-state index contributed by atoms with van der Waals surface area (Å²) in [5.41, 5.74) is 0. The highest BCUT2D eigenvalue weighted by atomic mass is 35.5. The molecule has 0 heterocycles. The number of halogens is 3. The van der Waals surface area contributed by atoms with Gasteiger partial charge in [0.2, 0.25) is 0 Å². The SMILES string of the molecule is ClC1CCC([C]2CCCCC2(Cl)Cl)CC1. The first kappa shape index (κ1) is 12.3. The van der Waals surface area contributed by atoms with E-state index < -0.39 is 4.33 Å². The maximum absolute atomic E-state index is 6.40. The molecule has 87 valence electrons. The number of hydrogen-bond acceptors (Lipinski definition) is 0. The molecule has 0 unspecified atom stereocenters. The lowest BCUT2D eigenvalue weighted by Crippen LogP contribution is -2.35. The van der Waals surface area contributed by atoms with Gasteiger partial charge >= 0.3 is 0 Å². The van der Waals surface area contributed by atoms with Gasteiger partial charge in [0.25, 0.3) is 0 Å². The minimum Gasteiger partial charge on any atom is -0.123 e. The van der Waals surface area contributed by atoms with Gasteiger partial charge < -0.3 is 0 Å². The van der Waals surface area contributed by atoms with Crippen molar-refractivity contribution in [3.63, 3.8) is 0 Å². The van der Waals surface area contributed by atoms with Crippen LogP contribution in [0, 0.1) is 11.8 Å². The summed E-state index contributed by atoms with van der Waals surface area (Å²) in [6.45, 7) is 0. The van der Waals surface area contributed by atoms with Crippen LogP contribution >= 0.6 is 34.8 Å². The zero-order valence-corrected chi connectivity index (χ0v) is 11.2. The van der Waals surface area contributed by atoms with Gasteiger partial charge in [0, 0.05) is 11.3 Å². The first-order valence-corrected chi connectivity index (χ1v) is 7.17. The van der Waals surface area contributed by atoms with Crippen LogP contribution in [0.5, 0.6) is 0 Å². The van der Waals surface area contributed by atoms with Crippen LogP contribution in [-0.2, 0) is 0 Å². The molecular formula is C12H18Cl3. The second-order valence-corrected chi connectivity index (χ2v) is 6.99. The molecule has 15 heavy (non-hydrogen) atoms. The Labute approximate surface area is 108 Å². The van der Waals surface area contributed by atoms with E-state index in [0.29, 0.717) is 11.3 Å². The van der Waals surface area contributed by atoms with Crippen molar-refractivity contribution in [2.45, 2.75) is 61.1 Å². The van der Waals surface area contributed by atoms with Crippen molar-refractivity contribution in [2.75, 3.05) is 0 Å². The van der Waals surface area contributed by atoms with Crippen molar-refractivity contribution in [3.05, 3.63) is 5.92 Å². The van der Waals surface area contributed by atoms with Crippen LogP contribution in [0.25, 0.3) is 0 Å². The highest BCUT2D eigenvalue weighted by molar-refractivity contribution is 6.50. The fourth-order valence-corrected chi connectivity index (χ4v) is 3.93. The number of alkyl halides is 3. The summed E-state index contributed by atoms with van der Waals surface area (Å²) in [7, 11) is 0. The van der Waals surface area contributed by atoms with Crippen LogP contribution in [0.15, 0.2) is 0 Å². The van der Waals surface area contributed by atoms with E-state index >= 15 is 0 Å². The quantitative estimate of drug-likeness (QED) is 0.580.